The van der Waals surface area contributed by atoms with Crippen LogP contribution in [-0.2, 0) is 23.6 Å². The Morgan fingerprint density at radius 3 is 2.56 bits per heavy atom. The molecular formula is C19H17FN4O2S. The summed E-state index contributed by atoms with van der Waals surface area (Å²) in [6.07, 6.45) is 1.70. The zero-order valence-electron chi connectivity index (χ0n) is 14.8. The molecule has 0 saturated carbocycles. The summed E-state index contributed by atoms with van der Waals surface area (Å²) in [5, 5.41) is 13.3. The van der Waals surface area contributed by atoms with E-state index < -0.39 is 20.7 Å². The fourth-order valence-corrected chi connectivity index (χ4v) is 3.75. The zero-order chi connectivity index (χ0) is 19.6. The molecule has 0 saturated heterocycles. The molecule has 3 aromatic rings. The van der Waals surface area contributed by atoms with Gasteiger partial charge in [-0.15, -0.1) is 0 Å². The highest BCUT2D eigenvalue weighted by Crippen LogP contribution is 2.23. The lowest BCUT2D eigenvalue weighted by molar-refractivity contribution is 0.556. The Kier molecular flexibility index (Phi) is 5.08. The standard InChI is InChI=1S/C19H17FN4O2S/c1-13-3-8-18(17(20)9-13)27(25,26)22-11-16-12-24(2)23-19(16)15-6-4-14(10-21)5-7-15/h3-9,12,22H,11H2,1-2H3. The topological polar surface area (TPSA) is 87.8 Å². The van der Waals surface area contributed by atoms with E-state index in [0.29, 0.717) is 22.4 Å². The van der Waals surface area contributed by atoms with Gasteiger partial charge in [0.05, 0.1) is 17.3 Å². The first kappa shape index (κ1) is 18.8. The molecular weight excluding hydrogens is 367 g/mol. The van der Waals surface area contributed by atoms with Crippen molar-refractivity contribution in [1.29, 1.82) is 5.26 Å². The van der Waals surface area contributed by atoms with Gasteiger partial charge in [-0.05, 0) is 36.8 Å². The second-order valence-electron chi connectivity index (χ2n) is 6.12. The SMILES string of the molecule is Cc1ccc(S(=O)(=O)NCc2cn(C)nc2-c2ccc(C#N)cc2)c(F)c1. The second-order valence-corrected chi connectivity index (χ2v) is 7.86. The summed E-state index contributed by atoms with van der Waals surface area (Å²) in [6, 6.07) is 12.8. The molecule has 0 unspecified atom stereocenters. The predicted molar refractivity (Wildman–Crippen MR) is 98.5 cm³/mol. The summed E-state index contributed by atoms with van der Waals surface area (Å²) >= 11 is 0. The lowest BCUT2D eigenvalue weighted by atomic mass is 10.1. The number of hydrogen-bond acceptors (Lipinski definition) is 4. The fourth-order valence-electron chi connectivity index (χ4n) is 2.69. The fraction of sp³-hybridized carbons (Fsp3) is 0.158. The summed E-state index contributed by atoms with van der Waals surface area (Å²) < 4.78 is 42.9. The van der Waals surface area contributed by atoms with Crippen molar-refractivity contribution in [2.24, 2.45) is 7.05 Å². The first-order chi connectivity index (χ1) is 12.8. The monoisotopic (exact) mass is 384 g/mol. The van der Waals surface area contributed by atoms with Crippen LogP contribution in [0.25, 0.3) is 11.3 Å². The van der Waals surface area contributed by atoms with Crippen LogP contribution in [0, 0.1) is 24.1 Å². The molecule has 0 amide bonds. The van der Waals surface area contributed by atoms with Gasteiger partial charge in [-0.2, -0.15) is 10.4 Å². The molecule has 2 aromatic carbocycles. The number of nitriles is 1. The maximum atomic E-state index is 14.0. The maximum absolute atomic E-state index is 14.0. The molecule has 0 atom stereocenters. The van der Waals surface area contributed by atoms with Crippen molar-refractivity contribution in [1.82, 2.24) is 14.5 Å². The Hall–Kier alpha value is -3.02. The number of aryl methyl sites for hydroxylation is 2. The van der Waals surface area contributed by atoms with Crippen molar-refractivity contribution in [3.05, 3.63) is 71.2 Å². The Balaban J connectivity index is 1.87. The molecule has 1 heterocycles. The van der Waals surface area contributed by atoms with Crippen molar-refractivity contribution < 1.29 is 12.8 Å². The maximum Gasteiger partial charge on any atom is 0.243 e. The quantitative estimate of drug-likeness (QED) is 0.733. The number of sulfonamides is 1. The Morgan fingerprint density at radius 1 is 1.22 bits per heavy atom. The molecule has 0 fully saturated rings. The number of hydrogen-bond donors (Lipinski definition) is 1. The number of aromatic nitrogens is 2. The van der Waals surface area contributed by atoms with Crippen LogP contribution in [0.1, 0.15) is 16.7 Å². The summed E-state index contributed by atoms with van der Waals surface area (Å²) in [7, 11) is -2.28. The average Bonchev–Trinajstić information content (AvgIpc) is 3.00. The van der Waals surface area contributed by atoms with E-state index in [2.05, 4.69) is 9.82 Å². The third-order valence-corrected chi connectivity index (χ3v) is 5.46. The molecule has 0 aliphatic carbocycles. The molecule has 0 bridgehead atoms. The third-order valence-electron chi connectivity index (χ3n) is 4.02. The first-order valence-electron chi connectivity index (χ1n) is 8.09. The van der Waals surface area contributed by atoms with Crippen LogP contribution >= 0.6 is 0 Å². The van der Waals surface area contributed by atoms with E-state index in [1.165, 1.54) is 12.1 Å². The highest BCUT2D eigenvalue weighted by molar-refractivity contribution is 7.89. The molecule has 1 aromatic heterocycles. The molecule has 0 radical (unpaired) electrons. The summed E-state index contributed by atoms with van der Waals surface area (Å²) in [4.78, 5) is -0.392. The van der Waals surface area contributed by atoms with Gasteiger partial charge in [0.1, 0.15) is 10.7 Å². The van der Waals surface area contributed by atoms with Crippen molar-refractivity contribution in [2.45, 2.75) is 18.4 Å². The van der Waals surface area contributed by atoms with Gasteiger partial charge in [-0.3, -0.25) is 4.68 Å². The number of nitrogens with zero attached hydrogens (tertiary/aromatic N) is 3. The van der Waals surface area contributed by atoms with E-state index in [9.17, 15) is 12.8 Å². The lowest BCUT2D eigenvalue weighted by Gasteiger charge is -2.08. The van der Waals surface area contributed by atoms with E-state index in [-0.39, 0.29) is 6.54 Å². The summed E-state index contributed by atoms with van der Waals surface area (Å²) in [5.74, 6) is -0.791. The molecule has 138 valence electrons. The van der Waals surface area contributed by atoms with Gasteiger partial charge in [-0.1, -0.05) is 18.2 Å². The van der Waals surface area contributed by atoms with Crippen molar-refractivity contribution >= 4 is 10.0 Å². The van der Waals surface area contributed by atoms with Gasteiger partial charge in [0, 0.05) is 30.9 Å². The molecule has 27 heavy (non-hydrogen) atoms. The number of benzene rings is 2. The smallest absolute Gasteiger partial charge is 0.243 e. The van der Waals surface area contributed by atoms with E-state index in [1.807, 2.05) is 6.07 Å². The van der Waals surface area contributed by atoms with Crippen molar-refractivity contribution in [3.63, 3.8) is 0 Å². The molecule has 0 aliphatic heterocycles. The van der Waals surface area contributed by atoms with Crippen LogP contribution in [-0.4, -0.2) is 18.2 Å². The molecule has 8 heteroatoms. The zero-order valence-corrected chi connectivity index (χ0v) is 15.6. The predicted octanol–water partition coefficient (Wildman–Crippen LogP) is 2.88. The molecule has 6 nitrogen and oxygen atoms in total. The minimum Gasteiger partial charge on any atom is -0.275 e. The lowest BCUT2D eigenvalue weighted by Crippen LogP contribution is -2.24. The van der Waals surface area contributed by atoms with E-state index in [4.69, 9.17) is 5.26 Å². The largest absolute Gasteiger partial charge is 0.275 e. The van der Waals surface area contributed by atoms with Gasteiger partial charge < -0.3 is 0 Å². The third kappa shape index (κ3) is 4.05. The van der Waals surface area contributed by atoms with Crippen LogP contribution in [0.3, 0.4) is 0 Å². The minimum atomic E-state index is -4.01. The van der Waals surface area contributed by atoms with Crippen LogP contribution in [0.15, 0.2) is 53.6 Å². The highest BCUT2D eigenvalue weighted by atomic mass is 32.2. The first-order valence-corrected chi connectivity index (χ1v) is 9.57. The Bertz CT molecular complexity index is 1130. The van der Waals surface area contributed by atoms with Crippen LogP contribution in [0.4, 0.5) is 4.39 Å². The molecule has 0 aliphatic rings. The summed E-state index contributed by atoms with van der Waals surface area (Å²) in [6.45, 7) is 1.64. The van der Waals surface area contributed by atoms with Gasteiger partial charge >= 0.3 is 0 Å². The van der Waals surface area contributed by atoms with Gasteiger partial charge in [0.15, 0.2) is 0 Å². The normalized spacial score (nSPS) is 11.3. The summed E-state index contributed by atoms with van der Waals surface area (Å²) in [5.41, 5.74) is 3.14. The van der Waals surface area contributed by atoms with E-state index in [0.717, 1.165) is 5.56 Å². The Morgan fingerprint density at radius 2 is 1.93 bits per heavy atom. The molecule has 1 N–H and O–H groups in total. The minimum absolute atomic E-state index is 0.0428. The van der Waals surface area contributed by atoms with Gasteiger partial charge in [0.2, 0.25) is 10.0 Å². The molecule has 3 rings (SSSR count). The number of nitrogens with one attached hydrogen (secondary N) is 1. The van der Waals surface area contributed by atoms with Crippen LogP contribution < -0.4 is 4.72 Å². The number of halogens is 1. The second kappa shape index (κ2) is 7.31. The van der Waals surface area contributed by atoms with Crippen LogP contribution in [0.2, 0.25) is 0 Å². The van der Waals surface area contributed by atoms with Crippen molar-refractivity contribution in [3.8, 4) is 17.3 Å². The highest BCUT2D eigenvalue weighted by Gasteiger charge is 2.20. The average molecular weight is 384 g/mol. The number of rotatable bonds is 5. The van der Waals surface area contributed by atoms with E-state index >= 15 is 0 Å². The molecule has 0 spiro atoms. The van der Waals surface area contributed by atoms with Crippen LogP contribution in [0.5, 0.6) is 0 Å². The van der Waals surface area contributed by atoms with E-state index in [1.54, 1.807) is 55.2 Å². The Labute approximate surface area is 156 Å². The van der Waals surface area contributed by atoms with Crippen molar-refractivity contribution in [2.75, 3.05) is 0 Å². The van der Waals surface area contributed by atoms with Gasteiger partial charge in [0.25, 0.3) is 0 Å². The van der Waals surface area contributed by atoms with Gasteiger partial charge in [-0.25, -0.2) is 17.5 Å².